The Labute approximate surface area is 108 Å². The molecule has 1 amide bonds. The van der Waals surface area contributed by atoms with Crippen molar-refractivity contribution in [1.82, 2.24) is 15.1 Å². The van der Waals surface area contributed by atoms with Crippen LogP contribution in [0.3, 0.4) is 0 Å². The maximum Gasteiger partial charge on any atom is 0.270 e. The van der Waals surface area contributed by atoms with Crippen molar-refractivity contribution in [3.05, 3.63) is 17.0 Å². The van der Waals surface area contributed by atoms with Gasteiger partial charge >= 0.3 is 0 Å². The monoisotopic (exact) mass is 250 g/mol. The van der Waals surface area contributed by atoms with Crippen LogP contribution in [0.5, 0.6) is 0 Å². The van der Waals surface area contributed by atoms with Crippen LogP contribution in [0.15, 0.2) is 0 Å². The fraction of sp³-hybridized carbons (Fsp3) is 0.692. The van der Waals surface area contributed by atoms with Gasteiger partial charge in [-0.2, -0.15) is 5.10 Å². The molecule has 0 aromatic carbocycles. The molecule has 1 aromatic heterocycles. The first kappa shape index (κ1) is 13.1. The van der Waals surface area contributed by atoms with Crippen LogP contribution in [-0.4, -0.2) is 28.3 Å². The van der Waals surface area contributed by atoms with E-state index in [9.17, 15) is 4.79 Å². The Balaban J connectivity index is 2.35. The van der Waals surface area contributed by atoms with Crippen LogP contribution in [0.4, 0.5) is 0 Å². The van der Waals surface area contributed by atoms with Gasteiger partial charge < -0.3 is 11.1 Å². The number of aryl methyl sites for hydroxylation is 1. The van der Waals surface area contributed by atoms with E-state index in [2.05, 4.69) is 10.4 Å². The molecule has 0 unspecified atom stereocenters. The zero-order valence-electron chi connectivity index (χ0n) is 11.2. The molecule has 0 radical (unpaired) electrons. The zero-order valence-corrected chi connectivity index (χ0v) is 11.2. The number of hydrogen-bond donors (Lipinski definition) is 2. The number of carbonyl (C=O) groups is 1. The highest BCUT2D eigenvalue weighted by molar-refractivity contribution is 5.94. The van der Waals surface area contributed by atoms with E-state index in [4.69, 9.17) is 5.73 Å². The van der Waals surface area contributed by atoms with Gasteiger partial charge in [-0.25, -0.2) is 0 Å². The predicted molar refractivity (Wildman–Crippen MR) is 70.5 cm³/mol. The largest absolute Gasteiger partial charge is 0.349 e. The van der Waals surface area contributed by atoms with Crippen LogP contribution in [-0.2, 0) is 19.4 Å². The highest BCUT2D eigenvalue weighted by Crippen LogP contribution is 2.24. The molecule has 5 heteroatoms. The molecular weight excluding hydrogens is 228 g/mol. The molecule has 1 aliphatic rings. The van der Waals surface area contributed by atoms with Crippen molar-refractivity contribution < 1.29 is 4.79 Å². The van der Waals surface area contributed by atoms with Gasteiger partial charge in [0, 0.05) is 18.2 Å². The summed E-state index contributed by atoms with van der Waals surface area (Å²) in [6.07, 6.45) is 4.25. The highest BCUT2D eigenvalue weighted by atomic mass is 16.2. The number of nitrogens with zero attached hydrogens (tertiary/aromatic N) is 2. The minimum Gasteiger partial charge on any atom is -0.349 e. The van der Waals surface area contributed by atoms with E-state index in [1.807, 2.05) is 13.8 Å². The Morgan fingerprint density at radius 3 is 2.83 bits per heavy atom. The molecule has 0 atom stereocenters. The molecule has 2 rings (SSSR count). The summed E-state index contributed by atoms with van der Waals surface area (Å²) in [5.74, 6) is -0.0194. The van der Waals surface area contributed by atoms with Crippen molar-refractivity contribution in [2.75, 3.05) is 6.54 Å². The predicted octanol–water partition coefficient (Wildman–Crippen LogP) is 0.859. The summed E-state index contributed by atoms with van der Waals surface area (Å²) in [6, 6.07) is 0.137. The number of amides is 1. The third-order valence-corrected chi connectivity index (χ3v) is 3.20. The van der Waals surface area contributed by atoms with Crippen LogP contribution in [0.25, 0.3) is 0 Å². The number of carbonyl (C=O) groups excluding carboxylic acids is 1. The fourth-order valence-corrected chi connectivity index (χ4v) is 2.48. The highest BCUT2D eigenvalue weighted by Gasteiger charge is 2.25. The number of rotatable bonds is 4. The van der Waals surface area contributed by atoms with Crippen molar-refractivity contribution in [2.45, 2.75) is 52.1 Å². The number of aromatic nitrogens is 2. The summed E-state index contributed by atoms with van der Waals surface area (Å²) in [4.78, 5) is 12.3. The van der Waals surface area contributed by atoms with E-state index in [1.165, 1.54) is 0 Å². The third kappa shape index (κ3) is 2.56. The lowest BCUT2D eigenvalue weighted by atomic mass is 9.95. The van der Waals surface area contributed by atoms with Gasteiger partial charge in [0.05, 0.1) is 12.2 Å². The number of hydrogen-bond acceptors (Lipinski definition) is 3. The second-order valence-electron chi connectivity index (χ2n) is 5.12. The summed E-state index contributed by atoms with van der Waals surface area (Å²) in [5, 5.41) is 7.50. The second kappa shape index (κ2) is 5.52. The maximum atomic E-state index is 12.3. The van der Waals surface area contributed by atoms with Gasteiger partial charge in [0.2, 0.25) is 0 Å². The Morgan fingerprint density at radius 2 is 2.17 bits per heavy atom. The van der Waals surface area contributed by atoms with Gasteiger partial charge in [-0.15, -0.1) is 0 Å². The summed E-state index contributed by atoms with van der Waals surface area (Å²) < 4.78 is 1.79. The SMILES string of the molecule is CC(C)NC(=O)c1c2c(nn1CCN)CCCC2. The molecule has 1 aliphatic carbocycles. The molecule has 0 saturated carbocycles. The third-order valence-electron chi connectivity index (χ3n) is 3.20. The minimum absolute atomic E-state index is 0.0194. The minimum atomic E-state index is -0.0194. The van der Waals surface area contributed by atoms with Crippen molar-refractivity contribution in [1.29, 1.82) is 0 Å². The molecule has 5 nitrogen and oxygen atoms in total. The molecule has 18 heavy (non-hydrogen) atoms. The van der Waals surface area contributed by atoms with Gasteiger partial charge in [-0.3, -0.25) is 9.48 Å². The molecule has 1 aromatic rings. The topological polar surface area (TPSA) is 72.9 Å². The van der Waals surface area contributed by atoms with E-state index in [1.54, 1.807) is 4.68 Å². The summed E-state index contributed by atoms with van der Waals surface area (Å²) in [6.45, 7) is 5.04. The standard InChI is InChI=1S/C13H22N4O/c1-9(2)15-13(18)12-10-5-3-4-6-11(10)16-17(12)8-7-14/h9H,3-8,14H2,1-2H3,(H,15,18). The first-order valence-corrected chi connectivity index (χ1v) is 6.73. The van der Waals surface area contributed by atoms with Crippen molar-refractivity contribution in [2.24, 2.45) is 5.73 Å². The molecule has 0 fully saturated rings. The molecule has 0 bridgehead atoms. The number of fused-ring (bicyclic) bond motifs is 1. The lowest BCUT2D eigenvalue weighted by molar-refractivity contribution is 0.0931. The second-order valence-corrected chi connectivity index (χ2v) is 5.12. The van der Waals surface area contributed by atoms with Crippen LogP contribution in [0, 0.1) is 0 Å². The van der Waals surface area contributed by atoms with E-state index >= 15 is 0 Å². The van der Waals surface area contributed by atoms with Crippen LogP contribution in [0.1, 0.15) is 48.4 Å². The Bertz CT molecular complexity index is 436. The van der Waals surface area contributed by atoms with E-state index < -0.39 is 0 Å². The van der Waals surface area contributed by atoms with E-state index in [0.29, 0.717) is 13.1 Å². The first-order valence-electron chi connectivity index (χ1n) is 6.73. The van der Waals surface area contributed by atoms with Gasteiger partial charge in [0.15, 0.2) is 0 Å². The maximum absolute atomic E-state index is 12.3. The van der Waals surface area contributed by atoms with Crippen LogP contribution in [0.2, 0.25) is 0 Å². The van der Waals surface area contributed by atoms with Crippen molar-refractivity contribution in [3.8, 4) is 0 Å². The van der Waals surface area contributed by atoms with E-state index in [-0.39, 0.29) is 11.9 Å². The summed E-state index contributed by atoms with van der Waals surface area (Å²) >= 11 is 0. The van der Waals surface area contributed by atoms with Gasteiger partial charge in [-0.1, -0.05) is 0 Å². The molecule has 0 spiro atoms. The normalized spacial score (nSPS) is 14.7. The zero-order chi connectivity index (χ0) is 13.1. The lowest BCUT2D eigenvalue weighted by Crippen LogP contribution is -2.33. The smallest absolute Gasteiger partial charge is 0.270 e. The molecule has 1 heterocycles. The number of nitrogens with two attached hydrogens (primary N) is 1. The molecular formula is C13H22N4O. The molecule has 0 saturated heterocycles. The average molecular weight is 250 g/mol. The Morgan fingerprint density at radius 1 is 1.44 bits per heavy atom. The fourth-order valence-electron chi connectivity index (χ4n) is 2.48. The van der Waals surface area contributed by atoms with E-state index in [0.717, 1.165) is 42.6 Å². The summed E-state index contributed by atoms with van der Waals surface area (Å²) in [7, 11) is 0. The summed E-state index contributed by atoms with van der Waals surface area (Å²) in [5.41, 5.74) is 8.54. The first-order chi connectivity index (χ1) is 8.63. The van der Waals surface area contributed by atoms with Crippen molar-refractivity contribution in [3.63, 3.8) is 0 Å². The quantitative estimate of drug-likeness (QED) is 0.832. The Hall–Kier alpha value is -1.36. The molecule has 0 aliphatic heterocycles. The van der Waals surface area contributed by atoms with Gasteiger partial charge in [-0.05, 0) is 39.5 Å². The number of nitrogens with one attached hydrogen (secondary N) is 1. The molecule has 3 N–H and O–H groups in total. The van der Waals surface area contributed by atoms with Gasteiger partial charge in [0.25, 0.3) is 5.91 Å². The Kier molecular flexibility index (Phi) is 4.01. The van der Waals surface area contributed by atoms with Crippen molar-refractivity contribution >= 4 is 5.91 Å². The average Bonchev–Trinajstić information content (AvgIpc) is 2.66. The lowest BCUT2D eigenvalue weighted by Gasteiger charge is -2.13. The van der Waals surface area contributed by atoms with Crippen LogP contribution >= 0.6 is 0 Å². The van der Waals surface area contributed by atoms with Gasteiger partial charge in [0.1, 0.15) is 5.69 Å². The molecule has 100 valence electrons. The van der Waals surface area contributed by atoms with Crippen LogP contribution < -0.4 is 11.1 Å².